The Morgan fingerprint density at radius 2 is 1.77 bits per heavy atom. The average Bonchev–Trinajstić information content (AvgIpc) is 2.98. The lowest BCUT2D eigenvalue weighted by atomic mass is 10.0. The molecule has 0 radical (unpaired) electrons. The number of hydrogen-bond donors (Lipinski definition) is 0. The molecule has 0 unspecified atom stereocenters. The van der Waals surface area contributed by atoms with Gasteiger partial charge in [-0.2, -0.15) is 0 Å². The zero-order chi connectivity index (χ0) is 22.5. The SMILES string of the molecule is COc1cc(/C=C2/SC(=S)N(C)C2=O)ccc1OCCOc1cc(C)ccc1C(C)C. The fourth-order valence-electron chi connectivity index (χ4n) is 3.14. The Balaban J connectivity index is 1.64. The van der Waals surface area contributed by atoms with Gasteiger partial charge in [-0.15, -0.1) is 0 Å². The Labute approximate surface area is 193 Å². The predicted octanol–water partition coefficient (Wildman–Crippen LogP) is 5.42. The van der Waals surface area contributed by atoms with Crippen molar-refractivity contribution in [3.8, 4) is 17.2 Å². The van der Waals surface area contributed by atoms with E-state index >= 15 is 0 Å². The van der Waals surface area contributed by atoms with Crippen molar-refractivity contribution in [1.82, 2.24) is 4.90 Å². The summed E-state index contributed by atoms with van der Waals surface area (Å²) in [5.41, 5.74) is 3.19. The molecular formula is C24H27NO4S2. The number of thiocarbonyl (C=S) groups is 1. The quantitative estimate of drug-likeness (QED) is 0.300. The summed E-state index contributed by atoms with van der Waals surface area (Å²) in [6.45, 7) is 7.17. The molecule has 3 rings (SSSR count). The molecule has 0 bridgehead atoms. The van der Waals surface area contributed by atoms with Crippen LogP contribution < -0.4 is 14.2 Å². The van der Waals surface area contributed by atoms with Gasteiger partial charge in [0, 0.05) is 7.05 Å². The first kappa shape index (κ1) is 23.2. The summed E-state index contributed by atoms with van der Waals surface area (Å²) < 4.78 is 17.9. The normalized spacial score (nSPS) is 15.2. The van der Waals surface area contributed by atoms with E-state index in [1.165, 1.54) is 22.2 Å². The molecule has 2 aromatic carbocycles. The van der Waals surface area contributed by atoms with Crippen molar-refractivity contribution in [2.24, 2.45) is 0 Å². The van der Waals surface area contributed by atoms with Gasteiger partial charge < -0.3 is 14.2 Å². The molecule has 164 valence electrons. The van der Waals surface area contributed by atoms with Crippen LogP contribution in [0.3, 0.4) is 0 Å². The van der Waals surface area contributed by atoms with Crippen LogP contribution in [0.4, 0.5) is 0 Å². The molecule has 1 heterocycles. The Morgan fingerprint density at radius 3 is 2.39 bits per heavy atom. The monoisotopic (exact) mass is 457 g/mol. The largest absolute Gasteiger partial charge is 0.493 e. The molecule has 1 aliphatic heterocycles. The van der Waals surface area contributed by atoms with E-state index in [-0.39, 0.29) is 5.91 Å². The molecule has 1 saturated heterocycles. The minimum atomic E-state index is -0.0941. The number of carbonyl (C=O) groups excluding carboxylic acids is 1. The van der Waals surface area contributed by atoms with Crippen LogP contribution in [-0.2, 0) is 4.79 Å². The highest BCUT2D eigenvalue weighted by atomic mass is 32.2. The minimum absolute atomic E-state index is 0.0941. The predicted molar refractivity (Wildman–Crippen MR) is 130 cm³/mol. The van der Waals surface area contributed by atoms with Crippen LogP contribution in [0.25, 0.3) is 6.08 Å². The second kappa shape index (κ2) is 10.2. The topological polar surface area (TPSA) is 48.0 Å². The summed E-state index contributed by atoms with van der Waals surface area (Å²) in [6.07, 6.45) is 1.81. The van der Waals surface area contributed by atoms with Gasteiger partial charge in [-0.3, -0.25) is 9.69 Å². The van der Waals surface area contributed by atoms with E-state index in [1.54, 1.807) is 14.2 Å². The van der Waals surface area contributed by atoms with Crippen molar-refractivity contribution in [1.29, 1.82) is 0 Å². The fourth-order valence-corrected chi connectivity index (χ4v) is 4.32. The van der Waals surface area contributed by atoms with Gasteiger partial charge in [-0.1, -0.05) is 56.0 Å². The van der Waals surface area contributed by atoms with Gasteiger partial charge in [0.25, 0.3) is 5.91 Å². The number of methoxy groups -OCH3 is 1. The van der Waals surface area contributed by atoms with Crippen LogP contribution in [0.5, 0.6) is 17.2 Å². The first-order valence-electron chi connectivity index (χ1n) is 10.1. The smallest absolute Gasteiger partial charge is 0.265 e. The van der Waals surface area contributed by atoms with Crippen LogP contribution in [0, 0.1) is 6.92 Å². The number of hydrogen-bond acceptors (Lipinski definition) is 6. The van der Waals surface area contributed by atoms with Crippen LogP contribution in [0.15, 0.2) is 41.3 Å². The number of benzene rings is 2. The standard InChI is InChI=1S/C24H27NO4S2/c1-15(2)18-8-6-16(3)12-20(18)29-11-10-28-19-9-7-17(13-21(19)27-5)14-22-23(26)25(4)24(30)31-22/h6-9,12-15H,10-11H2,1-5H3/b22-14+. The van der Waals surface area contributed by atoms with Gasteiger partial charge in [0.05, 0.1) is 12.0 Å². The van der Waals surface area contributed by atoms with Gasteiger partial charge in [0.15, 0.2) is 11.5 Å². The molecule has 0 spiro atoms. The van der Waals surface area contributed by atoms with Crippen LogP contribution >= 0.6 is 24.0 Å². The van der Waals surface area contributed by atoms with Gasteiger partial charge in [-0.05, 0) is 53.8 Å². The summed E-state index contributed by atoms with van der Waals surface area (Å²) in [5.74, 6) is 2.41. The third-order valence-corrected chi connectivity index (χ3v) is 6.35. The Kier molecular flexibility index (Phi) is 7.62. The van der Waals surface area contributed by atoms with Gasteiger partial charge >= 0.3 is 0 Å². The molecule has 0 aliphatic carbocycles. The van der Waals surface area contributed by atoms with E-state index in [0.717, 1.165) is 16.9 Å². The molecule has 1 amide bonds. The number of likely N-dealkylation sites (N-methyl/N-ethyl adjacent to an activating group) is 1. The molecule has 5 nitrogen and oxygen atoms in total. The Bertz CT molecular complexity index is 1020. The maximum Gasteiger partial charge on any atom is 0.265 e. The highest BCUT2D eigenvalue weighted by Gasteiger charge is 2.28. The highest BCUT2D eigenvalue weighted by molar-refractivity contribution is 8.26. The van der Waals surface area contributed by atoms with E-state index in [1.807, 2.05) is 24.3 Å². The van der Waals surface area contributed by atoms with Crippen molar-refractivity contribution in [2.75, 3.05) is 27.4 Å². The van der Waals surface area contributed by atoms with Crippen LogP contribution in [0.2, 0.25) is 0 Å². The van der Waals surface area contributed by atoms with E-state index in [9.17, 15) is 4.79 Å². The molecule has 31 heavy (non-hydrogen) atoms. The van der Waals surface area contributed by atoms with Gasteiger partial charge in [-0.25, -0.2) is 0 Å². The van der Waals surface area contributed by atoms with Crippen LogP contribution in [-0.4, -0.2) is 42.5 Å². The number of amides is 1. The van der Waals surface area contributed by atoms with Crippen LogP contribution in [0.1, 0.15) is 36.5 Å². The molecule has 1 fully saturated rings. The molecule has 2 aromatic rings. The first-order valence-corrected chi connectivity index (χ1v) is 11.3. The maximum atomic E-state index is 12.2. The second-order valence-electron chi connectivity index (χ2n) is 7.54. The summed E-state index contributed by atoms with van der Waals surface area (Å²) in [7, 11) is 3.27. The molecule has 0 N–H and O–H groups in total. The third kappa shape index (κ3) is 5.60. The highest BCUT2D eigenvalue weighted by Crippen LogP contribution is 2.34. The van der Waals surface area contributed by atoms with E-state index in [2.05, 4.69) is 39.0 Å². The molecular weight excluding hydrogens is 430 g/mol. The number of thioether (sulfide) groups is 1. The molecule has 7 heteroatoms. The lowest BCUT2D eigenvalue weighted by molar-refractivity contribution is -0.121. The fraction of sp³-hybridized carbons (Fsp3) is 0.333. The lowest BCUT2D eigenvalue weighted by Crippen LogP contribution is -2.22. The van der Waals surface area contributed by atoms with Crippen molar-refractivity contribution in [3.63, 3.8) is 0 Å². The van der Waals surface area contributed by atoms with Crippen molar-refractivity contribution >= 4 is 40.3 Å². The summed E-state index contributed by atoms with van der Waals surface area (Å²) in [4.78, 5) is 14.3. The molecule has 1 aliphatic rings. The number of aryl methyl sites for hydroxylation is 1. The average molecular weight is 458 g/mol. The number of nitrogens with zero attached hydrogens (tertiary/aromatic N) is 1. The lowest BCUT2D eigenvalue weighted by Gasteiger charge is -2.16. The number of carbonyl (C=O) groups is 1. The van der Waals surface area contributed by atoms with Gasteiger partial charge in [0.1, 0.15) is 23.3 Å². The number of ether oxygens (including phenoxy) is 3. The molecule has 0 aromatic heterocycles. The van der Waals surface area contributed by atoms with E-state index < -0.39 is 0 Å². The maximum absolute atomic E-state index is 12.2. The Morgan fingerprint density at radius 1 is 1.06 bits per heavy atom. The Hall–Kier alpha value is -2.51. The van der Waals surface area contributed by atoms with Crippen molar-refractivity contribution in [3.05, 3.63) is 58.0 Å². The minimum Gasteiger partial charge on any atom is -0.493 e. The number of rotatable bonds is 8. The summed E-state index contributed by atoms with van der Waals surface area (Å²) in [6, 6.07) is 11.8. The third-order valence-electron chi connectivity index (χ3n) is 4.86. The second-order valence-corrected chi connectivity index (χ2v) is 9.22. The van der Waals surface area contributed by atoms with E-state index in [4.69, 9.17) is 26.4 Å². The molecule has 0 atom stereocenters. The first-order chi connectivity index (χ1) is 14.8. The zero-order valence-corrected chi connectivity index (χ0v) is 20.1. The van der Waals surface area contributed by atoms with Crippen molar-refractivity contribution in [2.45, 2.75) is 26.7 Å². The summed E-state index contributed by atoms with van der Waals surface area (Å²) in [5, 5.41) is 0. The zero-order valence-electron chi connectivity index (χ0n) is 18.4. The van der Waals surface area contributed by atoms with E-state index in [0.29, 0.717) is 39.9 Å². The van der Waals surface area contributed by atoms with Crippen molar-refractivity contribution < 1.29 is 19.0 Å². The van der Waals surface area contributed by atoms with Gasteiger partial charge in [0.2, 0.25) is 0 Å². The molecule has 0 saturated carbocycles. The summed E-state index contributed by atoms with van der Waals surface area (Å²) >= 11 is 6.47.